The van der Waals surface area contributed by atoms with Crippen molar-refractivity contribution in [3.8, 4) is 0 Å². The van der Waals surface area contributed by atoms with E-state index < -0.39 is 124 Å². The summed E-state index contributed by atoms with van der Waals surface area (Å²) in [4.78, 5) is 0. The van der Waals surface area contributed by atoms with Crippen molar-refractivity contribution in [2.45, 2.75) is 469 Å². The van der Waals surface area contributed by atoms with Gasteiger partial charge in [0.05, 0.1) is 45.8 Å². The molecule has 0 aromatic rings. The summed E-state index contributed by atoms with van der Waals surface area (Å²) in [5.74, 6) is -3.82. The monoisotopic (exact) mass is 1880 g/mol. The molecule has 772 valence electrons. The van der Waals surface area contributed by atoms with Crippen LogP contribution in [-0.4, -0.2) is 56.1 Å². The summed E-state index contributed by atoms with van der Waals surface area (Å²) in [6.07, 6.45) is -29.6. The van der Waals surface area contributed by atoms with Crippen LogP contribution in [0.5, 0.6) is 0 Å². The van der Waals surface area contributed by atoms with E-state index in [1.54, 1.807) is 96.9 Å². The summed E-state index contributed by atoms with van der Waals surface area (Å²) in [5, 5.41) is 0. The highest BCUT2D eigenvalue weighted by Gasteiger charge is 2.60. The van der Waals surface area contributed by atoms with Crippen LogP contribution in [0.25, 0.3) is 0 Å². The van der Waals surface area contributed by atoms with Crippen molar-refractivity contribution in [2.75, 3.05) is 0 Å². The molecule has 0 aromatic heterocycles. The molecule has 1 rings (SSSR count). The van der Waals surface area contributed by atoms with Crippen molar-refractivity contribution in [3.05, 3.63) is 0 Å². The predicted molar refractivity (Wildman–Crippen MR) is 477 cm³/mol. The molecular formula is C98H191F27. The number of rotatable bonds is 11. The third-order valence-electron chi connectivity index (χ3n) is 31.0. The molecule has 0 aromatic carbocycles. The number of hydrogen-bond donors (Lipinski definition) is 0. The minimum absolute atomic E-state index is 0.0362. The zero-order chi connectivity index (χ0) is 106. The van der Waals surface area contributed by atoms with E-state index in [2.05, 4.69) is 145 Å². The average molecular weight is 1880 g/mol. The maximum atomic E-state index is 12.9. The van der Waals surface area contributed by atoms with E-state index in [0.29, 0.717) is 51.8 Å². The second-order valence-electron chi connectivity index (χ2n) is 48.0. The van der Waals surface area contributed by atoms with E-state index in [4.69, 9.17) is 0 Å². The minimum Gasteiger partial charge on any atom is -0.174 e. The Hall–Kier alpha value is -1.89. The maximum absolute atomic E-state index is 12.9. The van der Waals surface area contributed by atoms with Crippen molar-refractivity contribution < 1.29 is 119 Å². The third-order valence-corrected chi connectivity index (χ3v) is 31.0. The molecule has 5 unspecified atom stereocenters. The molecule has 0 saturated heterocycles. The zero-order valence-electron chi connectivity index (χ0n) is 89.0. The molecule has 1 aliphatic rings. The normalized spacial score (nSPS) is 17.8. The Kier molecular flexibility index (Phi) is 62.4. The van der Waals surface area contributed by atoms with E-state index in [0.717, 1.165) is 30.6 Å². The minimum atomic E-state index is -4.16. The van der Waals surface area contributed by atoms with Crippen LogP contribution in [0, 0.1) is 165 Å². The average Bonchev–Trinajstić information content (AvgIpc) is 0.752. The van der Waals surface area contributed by atoms with Crippen molar-refractivity contribution in [1.82, 2.24) is 0 Å². The largest absolute Gasteiger partial charge is 0.394 e. The molecule has 1 fully saturated rings. The molecule has 10 atom stereocenters. The van der Waals surface area contributed by atoms with E-state index in [1.807, 2.05) is 69.2 Å². The maximum Gasteiger partial charge on any atom is 0.394 e. The molecule has 27 heteroatoms. The first-order valence-corrected chi connectivity index (χ1v) is 44.5. The molecule has 0 nitrogen and oxygen atoms in total. The van der Waals surface area contributed by atoms with Crippen molar-refractivity contribution >= 4 is 0 Å². The highest BCUT2D eigenvalue weighted by Crippen LogP contribution is 2.59. The van der Waals surface area contributed by atoms with Crippen molar-refractivity contribution in [1.29, 1.82) is 0 Å². The number of alkyl halides is 27. The third kappa shape index (κ3) is 55.5. The van der Waals surface area contributed by atoms with E-state index >= 15 is 0 Å². The summed E-state index contributed by atoms with van der Waals surface area (Å²) in [7, 11) is 0. The Balaban J connectivity index is -0.000000127. The van der Waals surface area contributed by atoms with Gasteiger partial charge in [-0.15, -0.1) is 0 Å². The number of halogens is 27. The van der Waals surface area contributed by atoms with Gasteiger partial charge < -0.3 is 0 Å². The summed E-state index contributed by atoms with van der Waals surface area (Å²) in [6, 6.07) is 0. The van der Waals surface area contributed by atoms with Gasteiger partial charge in [0.1, 0.15) is 0 Å². The summed E-state index contributed by atoms with van der Waals surface area (Å²) in [6.45, 7) is 98.7. The van der Waals surface area contributed by atoms with E-state index in [-0.39, 0.29) is 46.8 Å². The van der Waals surface area contributed by atoms with Gasteiger partial charge in [-0.3, -0.25) is 0 Å². The van der Waals surface area contributed by atoms with Gasteiger partial charge in [-0.1, -0.05) is 400 Å². The molecule has 0 N–H and O–H groups in total. The van der Waals surface area contributed by atoms with Crippen LogP contribution in [0.1, 0.15) is 413 Å². The van der Waals surface area contributed by atoms with E-state index in [9.17, 15) is 119 Å². The van der Waals surface area contributed by atoms with Crippen LogP contribution in [0.3, 0.4) is 0 Å². The van der Waals surface area contributed by atoms with Gasteiger partial charge in [0.25, 0.3) is 0 Å². The smallest absolute Gasteiger partial charge is 0.174 e. The second kappa shape index (κ2) is 53.4. The van der Waals surface area contributed by atoms with E-state index in [1.165, 1.54) is 69.2 Å². The molecular weight excluding hydrogens is 1690 g/mol. The number of hydrogen-bond acceptors (Lipinski definition) is 0. The molecule has 0 amide bonds. The molecule has 0 spiro atoms. The fourth-order valence-electron chi connectivity index (χ4n) is 10.2. The van der Waals surface area contributed by atoms with Gasteiger partial charge in [-0.2, -0.15) is 119 Å². The highest BCUT2D eigenvalue weighted by molar-refractivity contribution is 4.99. The SMILES string of the molecule is CC(C)(C)C(C)(C)C(C)(C)C.CC(C)(C)C(C)(C)C(C)(C)C(F)(F)F.CC(C)(C)C(C)(C)C(F)(F)F.CC(C)(C)C(C)(C)C(F)(F)F.CC(C)C(C)(C)C(C)(C)C.CC(C)C(C)(C)C(C)C(F)(F)F.CC(C)[C@@H](C)C(C)(C)C.CC(C)[C@@H](C)C(C)C(F)(F)F.CC(C)[C@@H](C)C(C)C(F)(F)F.CCC(C)[C@@H](C)C(F)(F)F.C[C@@H]1CCCC(C(F)(F)F)C1.FC(F)F. The first kappa shape index (κ1) is 146. The lowest BCUT2D eigenvalue weighted by Crippen LogP contribution is -2.51. The zero-order valence-corrected chi connectivity index (χ0v) is 89.0. The van der Waals surface area contributed by atoms with Crippen molar-refractivity contribution in [3.63, 3.8) is 0 Å². The second-order valence-corrected chi connectivity index (χ2v) is 48.0. The lowest BCUT2D eigenvalue weighted by atomic mass is 9.55. The first-order valence-electron chi connectivity index (χ1n) is 44.5. The molecule has 0 bridgehead atoms. The van der Waals surface area contributed by atoms with Crippen LogP contribution in [-0.2, 0) is 0 Å². The molecule has 1 saturated carbocycles. The predicted octanol–water partition coefficient (Wildman–Crippen LogP) is 41.6. The quantitative estimate of drug-likeness (QED) is 0.181. The van der Waals surface area contributed by atoms with Gasteiger partial charge in [0.15, 0.2) is 0 Å². The summed E-state index contributed by atoms with van der Waals surface area (Å²) < 4.78 is 323. The summed E-state index contributed by atoms with van der Waals surface area (Å²) >= 11 is 0. The molecule has 0 radical (unpaired) electrons. The highest BCUT2D eigenvalue weighted by atomic mass is 19.4. The van der Waals surface area contributed by atoms with Gasteiger partial charge in [-0.25, -0.2) is 0 Å². The fourth-order valence-corrected chi connectivity index (χ4v) is 10.2. The Bertz CT molecular complexity index is 2490. The molecule has 0 aliphatic heterocycles. The fraction of sp³-hybridized carbons (Fsp3) is 1.00. The first-order chi connectivity index (χ1) is 53.0. The standard InChI is InChI=1S/C11H21F3.C11H24.C10H22.C9H17F3.C9H20.C8H13F3.4C8H15F3.C7H13F3.CHF3/c1-8(2,3)9(4,5)10(6,7)11(12,13)14;1-9(2,3)11(7,8)10(4,5)6;1-8(2)10(6,7)9(3,4)5;1-6(2)8(4,5)7(3)9(10,11)12;1-7(2)8(3)9(4,5)6;1-6-3-2-4-7(5-6)8(9,10)11;2*1-6(2,3)7(4,5)8(9,10)11;2*1-5(2)6(3)7(4)8(9,10)11;1-4-5(2)6(3)7(8,9)10;2-1(3)4/h1-7H3;1-8H3;8H,1-7H3;6-7H,1-5H3;7-8H,1-6H3;6-7H,2-5H2,1H3;2*1-5H3;2*5-7H,1-4H3;5-6H,4H2,1-3H3;1H/t;;;;8-;6-,7?;;;2*6-,7?;5?,6-;/m....11..111./s1. The lowest BCUT2D eigenvalue weighted by molar-refractivity contribution is -0.263. The Labute approximate surface area is 749 Å². The Morgan fingerprint density at radius 3 is 0.576 bits per heavy atom. The molecule has 0 heterocycles. The van der Waals surface area contributed by atoms with Crippen LogP contribution in [0.2, 0.25) is 0 Å². The van der Waals surface area contributed by atoms with Crippen molar-refractivity contribution in [2.24, 2.45) is 165 Å². The van der Waals surface area contributed by atoms with Gasteiger partial charge in [0.2, 0.25) is 0 Å². The Morgan fingerprint density at radius 2 is 0.512 bits per heavy atom. The van der Waals surface area contributed by atoms with Crippen LogP contribution in [0.4, 0.5) is 119 Å². The van der Waals surface area contributed by atoms with Gasteiger partial charge in [-0.05, 0) is 132 Å². The topological polar surface area (TPSA) is 0 Å². The van der Waals surface area contributed by atoms with Gasteiger partial charge >= 0.3 is 56.1 Å². The summed E-state index contributed by atoms with van der Waals surface area (Å²) in [5.41, 5.74) is -5.82. The van der Waals surface area contributed by atoms with Crippen LogP contribution in [0.15, 0.2) is 0 Å². The molecule has 125 heavy (non-hydrogen) atoms. The Morgan fingerprint density at radius 1 is 0.272 bits per heavy atom. The van der Waals surface area contributed by atoms with Crippen LogP contribution >= 0.6 is 0 Å². The lowest BCUT2D eigenvalue weighted by Gasteiger charge is -2.51. The van der Waals surface area contributed by atoms with Crippen LogP contribution < -0.4 is 0 Å². The molecule has 1 aliphatic carbocycles. The van der Waals surface area contributed by atoms with Gasteiger partial charge in [0, 0.05) is 0 Å².